The summed E-state index contributed by atoms with van der Waals surface area (Å²) >= 11 is 0. The molecule has 4 rings (SSSR count). The molecule has 0 saturated heterocycles. The van der Waals surface area contributed by atoms with Crippen LogP contribution in [0.5, 0.6) is 5.75 Å². The van der Waals surface area contributed by atoms with Crippen molar-refractivity contribution in [1.82, 2.24) is 20.2 Å². The van der Waals surface area contributed by atoms with Crippen molar-refractivity contribution in [3.63, 3.8) is 0 Å². The number of fused-ring (bicyclic) bond motifs is 1. The van der Waals surface area contributed by atoms with E-state index in [4.69, 9.17) is 9.72 Å². The summed E-state index contributed by atoms with van der Waals surface area (Å²) in [5.74, 6) is 1.96. The molecule has 1 saturated carbocycles. The van der Waals surface area contributed by atoms with Gasteiger partial charge in [0.15, 0.2) is 0 Å². The van der Waals surface area contributed by atoms with Crippen LogP contribution in [0.1, 0.15) is 49.9 Å². The van der Waals surface area contributed by atoms with Crippen LogP contribution in [0.2, 0.25) is 0 Å². The molecular weight excluding hydrogens is 428 g/mol. The van der Waals surface area contributed by atoms with Crippen molar-refractivity contribution >= 4 is 22.8 Å². The van der Waals surface area contributed by atoms with Gasteiger partial charge >= 0.3 is 0 Å². The Hall–Kier alpha value is -3.35. The summed E-state index contributed by atoms with van der Waals surface area (Å²) in [6.45, 7) is 1.29. The average Bonchev–Trinajstić information content (AvgIpc) is 3.23. The van der Waals surface area contributed by atoms with Crippen LogP contribution in [0.4, 0.5) is 0 Å². The van der Waals surface area contributed by atoms with Gasteiger partial charge < -0.3 is 19.9 Å². The molecular formula is C27H34N4O3. The standard InChI is InChI=1S/C27H34N4O3/c1-34-22-15-13-20(14-16-22)18-29-26(32)19-31-24-11-6-5-10-23(24)30-25(31)12-7-17-28-27(33)21-8-3-2-4-9-21/h5-6,10-11,13-16,21H,2-4,7-9,12,17-19H2,1H3,(H,28,33)(H,29,32). The summed E-state index contributed by atoms with van der Waals surface area (Å²) in [6.07, 6.45) is 7.06. The first kappa shape index (κ1) is 23.8. The van der Waals surface area contributed by atoms with Gasteiger partial charge in [-0.1, -0.05) is 43.5 Å². The molecule has 0 unspecified atom stereocenters. The van der Waals surface area contributed by atoms with Crippen molar-refractivity contribution in [3.05, 3.63) is 59.9 Å². The fourth-order valence-electron chi connectivity index (χ4n) is 4.60. The van der Waals surface area contributed by atoms with E-state index in [0.29, 0.717) is 19.5 Å². The van der Waals surface area contributed by atoms with E-state index in [2.05, 4.69) is 10.6 Å². The van der Waals surface area contributed by atoms with Gasteiger partial charge in [0.05, 0.1) is 18.1 Å². The summed E-state index contributed by atoms with van der Waals surface area (Å²) in [4.78, 5) is 29.9. The smallest absolute Gasteiger partial charge is 0.240 e. The number of carbonyl (C=O) groups is 2. The van der Waals surface area contributed by atoms with Crippen LogP contribution in [-0.4, -0.2) is 35.0 Å². The Labute approximate surface area is 200 Å². The molecule has 0 aliphatic heterocycles. The lowest BCUT2D eigenvalue weighted by Crippen LogP contribution is -2.32. The molecule has 3 aromatic rings. The number of ether oxygens (including phenoxy) is 1. The maximum atomic E-state index is 12.8. The highest BCUT2D eigenvalue weighted by molar-refractivity contribution is 5.81. The average molecular weight is 463 g/mol. The van der Waals surface area contributed by atoms with E-state index >= 15 is 0 Å². The van der Waals surface area contributed by atoms with Gasteiger partial charge in [0, 0.05) is 25.4 Å². The van der Waals surface area contributed by atoms with E-state index in [0.717, 1.165) is 60.3 Å². The molecule has 2 aromatic carbocycles. The van der Waals surface area contributed by atoms with Gasteiger partial charge in [-0.25, -0.2) is 4.98 Å². The molecule has 1 heterocycles. The number of nitrogens with one attached hydrogen (secondary N) is 2. The summed E-state index contributed by atoms with van der Waals surface area (Å²) in [7, 11) is 1.63. The minimum absolute atomic E-state index is 0.0641. The highest BCUT2D eigenvalue weighted by Crippen LogP contribution is 2.23. The predicted octanol–water partition coefficient (Wildman–Crippen LogP) is 3.99. The number of rotatable bonds is 10. The Bertz CT molecular complexity index is 1100. The monoisotopic (exact) mass is 462 g/mol. The van der Waals surface area contributed by atoms with Crippen LogP contribution in [-0.2, 0) is 29.1 Å². The molecule has 1 aliphatic carbocycles. The largest absolute Gasteiger partial charge is 0.497 e. The van der Waals surface area contributed by atoms with E-state index in [1.165, 1.54) is 6.42 Å². The lowest BCUT2D eigenvalue weighted by Gasteiger charge is -2.20. The molecule has 7 heteroatoms. The van der Waals surface area contributed by atoms with Crippen molar-refractivity contribution in [2.24, 2.45) is 5.92 Å². The zero-order chi connectivity index (χ0) is 23.8. The van der Waals surface area contributed by atoms with Gasteiger partial charge in [0.1, 0.15) is 18.1 Å². The second kappa shape index (κ2) is 11.7. The molecule has 1 fully saturated rings. The number of hydrogen-bond donors (Lipinski definition) is 2. The molecule has 7 nitrogen and oxygen atoms in total. The van der Waals surface area contributed by atoms with Crippen molar-refractivity contribution in [2.75, 3.05) is 13.7 Å². The van der Waals surface area contributed by atoms with Crippen molar-refractivity contribution in [1.29, 1.82) is 0 Å². The molecule has 0 radical (unpaired) electrons. The Kier molecular flexibility index (Phi) is 8.17. The lowest BCUT2D eigenvalue weighted by molar-refractivity contribution is -0.126. The molecule has 1 aromatic heterocycles. The van der Waals surface area contributed by atoms with Gasteiger partial charge in [0.2, 0.25) is 11.8 Å². The number of aryl methyl sites for hydroxylation is 1. The first-order chi connectivity index (χ1) is 16.6. The zero-order valence-electron chi connectivity index (χ0n) is 19.9. The first-order valence-electron chi connectivity index (χ1n) is 12.3. The molecule has 1 aliphatic rings. The fourth-order valence-corrected chi connectivity index (χ4v) is 4.60. The van der Waals surface area contributed by atoms with E-state index in [-0.39, 0.29) is 24.3 Å². The van der Waals surface area contributed by atoms with E-state index in [9.17, 15) is 9.59 Å². The van der Waals surface area contributed by atoms with Crippen LogP contribution >= 0.6 is 0 Å². The molecule has 0 spiro atoms. The number of carbonyl (C=O) groups excluding carboxylic acids is 2. The lowest BCUT2D eigenvalue weighted by atomic mass is 9.89. The maximum Gasteiger partial charge on any atom is 0.240 e. The number of methoxy groups -OCH3 is 1. The Balaban J connectivity index is 1.33. The summed E-state index contributed by atoms with van der Waals surface area (Å²) in [5, 5.41) is 6.10. The number of hydrogen-bond acceptors (Lipinski definition) is 4. The third-order valence-electron chi connectivity index (χ3n) is 6.54. The number of aromatic nitrogens is 2. The molecule has 0 atom stereocenters. The fraction of sp³-hybridized carbons (Fsp3) is 0.444. The normalized spacial score (nSPS) is 14.1. The van der Waals surface area contributed by atoms with Crippen molar-refractivity contribution < 1.29 is 14.3 Å². The third kappa shape index (κ3) is 6.16. The molecule has 34 heavy (non-hydrogen) atoms. The molecule has 2 N–H and O–H groups in total. The molecule has 0 bridgehead atoms. The Morgan fingerprint density at radius 1 is 1.03 bits per heavy atom. The van der Waals surface area contributed by atoms with Crippen LogP contribution < -0.4 is 15.4 Å². The highest BCUT2D eigenvalue weighted by atomic mass is 16.5. The van der Waals surface area contributed by atoms with E-state index in [1.807, 2.05) is 53.1 Å². The Morgan fingerprint density at radius 3 is 2.56 bits per heavy atom. The maximum absolute atomic E-state index is 12.8. The number of amides is 2. The number of para-hydroxylation sites is 2. The van der Waals surface area contributed by atoms with Crippen LogP contribution in [0.3, 0.4) is 0 Å². The summed E-state index contributed by atoms with van der Waals surface area (Å²) in [6, 6.07) is 15.5. The van der Waals surface area contributed by atoms with Crippen molar-refractivity contribution in [2.45, 2.75) is 58.0 Å². The van der Waals surface area contributed by atoms with Crippen molar-refractivity contribution in [3.8, 4) is 5.75 Å². The summed E-state index contributed by atoms with van der Waals surface area (Å²) < 4.78 is 7.17. The molecule has 180 valence electrons. The van der Waals surface area contributed by atoms with Crippen LogP contribution in [0.25, 0.3) is 11.0 Å². The highest BCUT2D eigenvalue weighted by Gasteiger charge is 2.20. The number of imidazole rings is 1. The van der Waals surface area contributed by atoms with Gasteiger partial charge in [0.25, 0.3) is 0 Å². The van der Waals surface area contributed by atoms with E-state index < -0.39 is 0 Å². The second-order valence-corrected chi connectivity index (χ2v) is 8.96. The van der Waals surface area contributed by atoms with Gasteiger partial charge in [-0.2, -0.15) is 0 Å². The SMILES string of the molecule is COc1ccc(CNC(=O)Cn2c(CCCNC(=O)C3CCCCC3)nc3ccccc32)cc1. The number of benzene rings is 2. The topological polar surface area (TPSA) is 85.2 Å². The van der Waals surface area contributed by atoms with Crippen LogP contribution in [0, 0.1) is 5.92 Å². The number of nitrogens with zero attached hydrogens (tertiary/aromatic N) is 2. The van der Waals surface area contributed by atoms with Crippen LogP contribution in [0.15, 0.2) is 48.5 Å². The second-order valence-electron chi connectivity index (χ2n) is 8.96. The molecule has 2 amide bonds. The zero-order valence-corrected chi connectivity index (χ0v) is 19.9. The summed E-state index contributed by atoms with van der Waals surface area (Å²) in [5.41, 5.74) is 2.84. The first-order valence-corrected chi connectivity index (χ1v) is 12.3. The van der Waals surface area contributed by atoms with Gasteiger partial charge in [-0.3, -0.25) is 9.59 Å². The van der Waals surface area contributed by atoms with Gasteiger partial charge in [-0.05, 0) is 49.1 Å². The third-order valence-corrected chi connectivity index (χ3v) is 6.54. The quantitative estimate of drug-likeness (QED) is 0.446. The van der Waals surface area contributed by atoms with E-state index in [1.54, 1.807) is 7.11 Å². The minimum Gasteiger partial charge on any atom is -0.497 e. The Morgan fingerprint density at radius 2 is 1.79 bits per heavy atom. The van der Waals surface area contributed by atoms with Gasteiger partial charge in [-0.15, -0.1) is 0 Å². The predicted molar refractivity (Wildman–Crippen MR) is 132 cm³/mol. The minimum atomic E-state index is -0.0641.